The molecule has 1 aromatic rings. The van der Waals surface area contributed by atoms with Crippen molar-refractivity contribution in [2.24, 2.45) is 11.1 Å². The van der Waals surface area contributed by atoms with Crippen LogP contribution in [-0.4, -0.2) is 13.2 Å². The van der Waals surface area contributed by atoms with Gasteiger partial charge in [0.1, 0.15) is 0 Å². The van der Waals surface area contributed by atoms with Crippen molar-refractivity contribution < 1.29 is 9.13 Å². The van der Waals surface area contributed by atoms with E-state index in [0.717, 1.165) is 18.4 Å². The number of rotatable bonds is 2. The number of halogens is 1. The fraction of sp³-hybridized carbons (Fsp3) is 0.467. The molecule has 2 N–H and O–H groups in total. The molecule has 0 amide bonds. The van der Waals surface area contributed by atoms with Gasteiger partial charge in [0, 0.05) is 11.6 Å². The summed E-state index contributed by atoms with van der Waals surface area (Å²) in [5.74, 6) is -0.0125. The lowest BCUT2D eigenvalue weighted by molar-refractivity contribution is 0.318. The maximum atomic E-state index is 14.2. The molecule has 98 valence electrons. The Kier molecular flexibility index (Phi) is 3.44. The molecule has 18 heavy (non-hydrogen) atoms. The molecule has 1 atom stereocenters. The summed E-state index contributed by atoms with van der Waals surface area (Å²) >= 11 is 0. The fourth-order valence-electron chi connectivity index (χ4n) is 2.70. The maximum Gasteiger partial charge on any atom is 0.172 e. The highest BCUT2D eigenvalue weighted by Gasteiger charge is 2.28. The average Bonchev–Trinajstić information content (AvgIpc) is 2.26. The van der Waals surface area contributed by atoms with Gasteiger partial charge in [-0.3, -0.25) is 0 Å². The predicted molar refractivity (Wildman–Crippen MR) is 71.9 cm³/mol. The van der Waals surface area contributed by atoms with Crippen LogP contribution < -0.4 is 10.5 Å². The smallest absolute Gasteiger partial charge is 0.172 e. The summed E-state index contributed by atoms with van der Waals surface area (Å²) in [6.45, 7) is 4.33. The van der Waals surface area contributed by atoms with Crippen molar-refractivity contribution in [2.75, 3.05) is 7.11 Å². The van der Waals surface area contributed by atoms with E-state index >= 15 is 0 Å². The van der Waals surface area contributed by atoms with E-state index in [1.54, 1.807) is 12.1 Å². The molecule has 2 nitrogen and oxygen atoms in total. The molecule has 3 heteroatoms. The Labute approximate surface area is 108 Å². The normalized spacial score (nSPS) is 22.5. The van der Waals surface area contributed by atoms with Crippen molar-refractivity contribution >= 4 is 5.57 Å². The highest BCUT2D eigenvalue weighted by atomic mass is 19.1. The van der Waals surface area contributed by atoms with Gasteiger partial charge >= 0.3 is 0 Å². The SMILES string of the molecule is COc1cccc(C2=CC(N)CC(C)(C)C2)c1F. The first kappa shape index (κ1) is 13.1. The van der Waals surface area contributed by atoms with Crippen LogP contribution in [0.15, 0.2) is 24.3 Å². The molecule has 1 aromatic carbocycles. The topological polar surface area (TPSA) is 35.2 Å². The van der Waals surface area contributed by atoms with Crippen LogP contribution in [-0.2, 0) is 0 Å². The summed E-state index contributed by atoms with van der Waals surface area (Å²) in [5, 5.41) is 0. The Morgan fingerprint density at radius 2 is 2.11 bits per heavy atom. The minimum atomic E-state index is -0.295. The molecule has 0 radical (unpaired) electrons. The highest BCUT2D eigenvalue weighted by molar-refractivity contribution is 5.69. The summed E-state index contributed by atoms with van der Waals surface area (Å²) in [7, 11) is 1.48. The molecular formula is C15H20FNO. The van der Waals surface area contributed by atoms with Crippen LogP contribution in [0.5, 0.6) is 5.75 Å². The minimum absolute atomic E-state index is 0.00523. The molecule has 1 unspecified atom stereocenters. The van der Waals surface area contributed by atoms with E-state index in [4.69, 9.17) is 10.5 Å². The molecule has 2 rings (SSSR count). The fourth-order valence-corrected chi connectivity index (χ4v) is 2.70. The molecule has 0 fully saturated rings. The van der Waals surface area contributed by atoms with E-state index in [1.165, 1.54) is 7.11 Å². The maximum absolute atomic E-state index is 14.2. The first-order valence-electron chi connectivity index (χ1n) is 6.22. The Hall–Kier alpha value is -1.35. The number of allylic oxidation sites excluding steroid dienone is 1. The molecule has 0 saturated heterocycles. The third-order valence-electron chi connectivity index (χ3n) is 3.40. The second-order valence-corrected chi connectivity index (χ2v) is 5.72. The summed E-state index contributed by atoms with van der Waals surface area (Å²) in [4.78, 5) is 0. The molecule has 0 aliphatic heterocycles. The quantitative estimate of drug-likeness (QED) is 0.872. The van der Waals surface area contributed by atoms with Gasteiger partial charge in [-0.15, -0.1) is 0 Å². The zero-order valence-electron chi connectivity index (χ0n) is 11.2. The Morgan fingerprint density at radius 1 is 1.39 bits per heavy atom. The Bertz CT molecular complexity index is 479. The highest BCUT2D eigenvalue weighted by Crippen LogP contribution is 2.40. The third kappa shape index (κ3) is 2.56. The lowest BCUT2D eigenvalue weighted by Gasteiger charge is -2.33. The first-order valence-corrected chi connectivity index (χ1v) is 6.22. The number of benzene rings is 1. The third-order valence-corrected chi connectivity index (χ3v) is 3.40. The lowest BCUT2D eigenvalue weighted by Crippen LogP contribution is -2.30. The van der Waals surface area contributed by atoms with Gasteiger partial charge in [-0.05, 0) is 29.9 Å². The standard InChI is InChI=1S/C15H20FNO/c1-15(2)8-10(7-11(17)9-15)12-5-4-6-13(18-3)14(12)16/h4-7,11H,8-9,17H2,1-3H3. The van der Waals surface area contributed by atoms with Crippen molar-refractivity contribution in [1.82, 2.24) is 0 Å². The average molecular weight is 249 g/mol. The molecular weight excluding hydrogens is 229 g/mol. The summed E-state index contributed by atoms with van der Waals surface area (Å²) in [5.41, 5.74) is 7.73. The Balaban J connectivity index is 2.43. The van der Waals surface area contributed by atoms with E-state index in [1.807, 2.05) is 12.1 Å². The molecule has 1 aliphatic carbocycles. The first-order chi connectivity index (χ1) is 8.43. The molecule has 1 aliphatic rings. The van der Waals surface area contributed by atoms with Gasteiger partial charge in [0.2, 0.25) is 0 Å². The van der Waals surface area contributed by atoms with Crippen LogP contribution in [0.2, 0.25) is 0 Å². The zero-order chi connectivity index (χ0) is 13.3. The van der Waals surface area contributed by atoms with Gasteiger partial charge in [0.25, 0.3) is 0 Å². The predicted octanol–water partition coefficient (Wildman–Crippen LogP) is 3.37. The Morgan fingerprint density at radius 3 is 2.72 bits per heavy atom. The van der Waals surface area contributed by atoms with E-state index in [0.29, 0.717) is 5.56 Å². The summed E-state index contributed by atoms with van der Waals surface area (Å²) in [6, 6.07) is 5.23. The van der Waals surface area contributed by atoms with Gasteiger partial charge in [0.05, 0.1) is 7.11 Å². The number of hydrogen-bond donors (Lipinski definition) is 1. The van der Waals surface area contributed by atoms with E-state index in [-0.39, 0.29) is 23.0 Å². The van der Waals surface area contributed by atoms with Crippen LogP contribution >= 0.6 is 0 Å². The largest absolute Gasteiger partial charge is 0.494 e. The summed E-state index contributed by atoms with van der Waals surface area (Å²) in [6.07, 6.45) is 3.75. The number of nitrogens with two attached hydrogens (primary N) is 1. The van der Waals surface area contributed by atoms with Gasteiger partial charge in [-0.1, -0.05) is 32.1 Å². The van der Waals surface area contributed by atoms with Crippen molar-refractivity contribution in [2.45, 2.75) is 32.7 Å². The van der Waals surface area contributed by atoms with Crippen LogP contribution in [0.1, 0.15) is 32.3 Å². The van der Waals surface area contributed by atoms with Gasteiger partial charge < -0.3 is 10.5 Å². The van der Waals surface area contributed by atoms with E-state index < -0.39 is 0 Å². The van der Waals surface area contributed by atoms with Crippen molar-refractivity contribution in [3.05, 3.63) is 35.7 Å². The van der Waals surface area contributed by atoms with Crippen LogP contribution in [0.3, 0.4) is 0 Å². The number of hydrogen-bond acceptors (Lipinski definition) is 2. The second kappa shape index (κ2) is 4.73. The van der Waals surface area contributed by atoms with Crippen LogP contribution in [0.4, 0.5) is 4.39 Å². The van der Waals surface area contributed by atoms with Gasteiger partial charge in [0.15, 0.2) is 11.6 Å². The number of methoxy groups -OCH3 is 1. The van der Waals surface area contributed by atoms with Crippen molar-refractivity contribution in [3.63, 3.8) is 0 Å². The van der Waals surface area contributed by atoms with Crippen molar-refractivity contribution in [1.29, 1.82) is 0 Å². The molecule has 0 spiro atoms. The van der Waals surface area contributed by atoms with Crippen molar-refractivity contribution in [3.8, 4) is 5.75 Å². The monoisotopic (exact) mass is 249 g/mol. The molecule has 0 bridgehead atoms. The molecule has 0 saturated carbocycles. The second-order valence-electron chi connectivity index (χ2n) is 5.72. The zero-order valence-corrected chi connectivity index (χ0v) is 11.2. The van der Waals surface area contributed by atoms with E-state index in [2.05, 4.69) is 13.8 Å². The van der Waals surface area contributed by atoms with Crippen LogP contribution in [0.25, 0.3) is 5.57 Å². The van der Waals surface area contributed by atoms with Crippen LogP contribution in [0, 0.1) is 11.2 Å². The van der Waals surface area contributed by atoms with Gasteiger partial charge in [-0.2, -0.15) is 0 Å². The lowest BCUT2D eigenvalue weighted by atomic mass is 9.74. The summed E-state index contributed by atoms with van der Waals surface area (Å²) < 4.78 is 19.3. The number of ether oxygens (including phenoxy) is 1. The van der Waals surface area contributed by atoms with E-state index in [9.17, 15) is 4.39 Å². The van der Waals surface area contributed by atoms with Gasteiger partial charge in [-0.25, -0.2) is 4.39 Å². The molecule has 0 aromatic heterocycles. The molecule has 0 heterocycles. The minimum Gasteiger partial charge on any atom is -0.494 e.